The number of primary amides is 1. The molecule has 0 radical (unpaired) electrons. The van der Waals surface area contributed by atoms with Crippen molar-refractivity contribution in [1.82, 2.24) is 5.32 Å². The summed E-state index contributed by atoms with van der Waals surface area (Å²) in [6, 6.07) is 9.00. The summed E-state index contributed by atoms with van der Waals surface area (Å²) in [4.78, 5) is 34.1. The Hall–Kier alpha value is -3.09. The lowest BCUT2D eigenvalue weighted by Gasteiger charge is -2.13. The van der Waals surface area contributed by atoms with E-state index >= 15 is 0 Å². The number of carbonyl (C=O) groups is 3. The Morgan fingerprint density at radius 2 is 1.77 bits per heavy atom. The molecule has 2 aromatic carbocycles. The molecule has 7 heteroatoms. The van der Waals surface area contributed by atoms with Crippen molar-refractivity contribution in [1.29, 1.82) is 0 Å². The standard InChI is InChI=1S/C15H14N2O5/c1-8(13(19)17-15(16)21)22-14(20)11-6-9-4-2-3-5-10(9)7-12(11)18/h2-8,18H,1H3,(H3,16,17,19,21)/t8-/m1/s1. The van der Waals surface area contributed by atoms with Gasteiger partial charge in [0.15, 0.2) is 6.10 Å². The highest BCUT2D eigenvalue weighted by molar-refractivity contribution is 6.01. The molecule has 114 valence electrons. The molecule has 22 heavy (non-hydrogen) atoms. The lowest BCUT2D eigenvalue weighted by molar-refractivity contribution is -0.127. The smallest absolute Gasteiger partial charge is 0.342 e. The first kappa shape index (κ1) is 15.3. The van der Waals surface area contributed by atoms with Crippen molar-refractivity contribution >= 4 is 28.7 Å². The normalized spacial score (nSPS) is 11.7. The van der Waals surface area contributed by atoms with E-state index in [1.807, 2.05) is 0 Å². The summed E-state index contributed by atoms with van der Waals surface area (Å²) in [6.45, 7) is 1.29. The molecule has 1 atom stereocenters. The number of nitrogens with one attached hydrogen (secondary N) is 1. The minimum Gasteiger partial charge on any atom is -0.507 e. The lowest BCUT2D eigenvalue weighted by Crippen LogP contribution is -2.42. The molecule has 2 aromatic rings. The fraction of sp³-hybridized carbons (Fsp3) is 0.133. The molecule has 3 amide bonds. The highest BCUT2D eigenvalue weighted by Crippen LogP contribution is 2.25. The quantitative estimate of drug-likeness (QED) is 0.738. The summed E-state index contributed by atoms with van der Waals surface area (Å²) in [5.41, 5.74) is 4.74. The van der Waals surface area contributed by atoms with Gasteiger partial charge in [-0.25, -0.2) is 9.59 Å². The number of amides is 3. The average molecular weight is 302 g/mol. The molecule has 0 saturated carbocycles. The molecule has 0 bridgehead atoms. The Balaban J connectivity index is 2.20. The van der Waals surface area contributed by atoms with Gasteiger partial charge in [0, 0.05) is 0 Å². The number of imide groups is 1. The Kier molecular flexibility index (Phi) is 4.26. The van der Waals surface area contributed by atoms with Crippen LogP contribution in [0.5, 0.6) is 5.75 Å². The van der Waals surface area contributed by atoms with Crippen molar-refractivity contribution in [3.05, 3.63) is 42.0 Å². The van der Waals surface area contributed by atoms with E-state index in [2.05, 4.69) is 0 Å². The number of rotatable bonds is 3. The Morgan fingerprint density at radius 1 is 1.18 bits per heavy atom. The molecule has 0 fully saturated rings. The van der Waals surface area contributed by atoms with Gasteiger partial charge in [0.05, 0.1) is 0 Å². The second-order valence-electron chi connectivity index (χ2n) is 4.62. The number of carbonyl (C=O) groups excluding carboxylic acids is 3. The Bertz CT molecular complexity index is 757. The van der Waals surface area contributed by atoms with Crippen LogP contribution in [0.3, 0.4) is 0 Å². The van der Waals surface area contributed by atoms with Gasteiger partial charge in [0.25, 0.3) is 5.91 Å². The van der Waals surface area contributed by atoms with Gasteiger partial charge >= 0.3 is 12.0 Å². The molecular formula is C15H14N2O5. The predicted octanol–water partition coefficient (Wildman–Crippen LogP) is 1.29. The fourth-order valence-corrected chi connectivity index (χ4v) is 1.89. The maximum Gasteiger partial charge on any atom is 0.342 e. The number of ether oxygens (including phenoxy) is 1. The molecule has 2 rings (SSSR count). The minimum absolute atomic E-state index is 0.0718. The van der Waals surface area contributed by atoms with Crippen LogP contribution in [-0.2, 0) is 9.53 Å². The van der Waals surface area contributed by atoms with Crippen LogP contribution in [0.15, 0.2) is 36.4 Å². The van der Waals surface area contributed by atoms with E-state index in [-0.39, 0.29) is 11.3 Å². The van der Waals surface area contributed by atoms with Crippen LogP contribution in [0.25, 0.3) is 10.8 Å². The van der Waals surface area contributed by atoms with Crippen LogP contribution in [-0.4, -0.2) is 29.1 Å². The number of nitrogens with two attached hydrogens (primary N) is 1. The molecule has 0 saturated heterocycles. The van der Waals surface area contributed by atoms with Gasteiger partial charge in [-0.05, 0) is 29.8 Å². The highest BCUT2D eigenvalue weighted by Gasteiger charge is 2.22. The maximum atomic E-state index is 12.0. The van der Waals surface area contributed by atoms with Crippen LogP contribution in [0, 0.1) is 0 Å². The molecule has 4 N–H and O–H groups in total. The van der Waals surface area contributed by atoms with Crippen molar-refractivity contribution in [2.24, 2.45) is 5.73 Å². The minimum atomic E-state index is -1.23. The van der Waals surface area contributed by atoms with E-state index in [1.165, 1.54) is 19.1 Å². The number of hydrogen-bond donors (Lipinski definition) is 3. The zero-order valence-corrected chi connectivity index (χ0v) is 11.7. The summed E-state index contributed by atoms with van der Waals surface area (Å²) in [6.07, 6.45) is -1.23. The number of benzene rings is 2. The van der Waals surface area contributed by atoms with Gasteiger partial charge in [-0.3, -0.25) is 10.1 Å². The SMILES string of the molecule is C[C@@H](OC(=O)c1cc2ccccc2cc1O)C(=O)NC(N)=O. The summed E-state index contributed by atoms with van der Waals surface area (Å²) in [7, 11) is 0. The molecule has 0 aliphatic rings. The van der Waals surface area contributed by atoms with E-state index in [0.717, 1.165) is 10.8 Å². The number of aromatic hydroxyl groups is 1. The topological polar surface area (TPSA) is 119 Å². The van der Waals surface area contributed by atoms with Crippen LogP contribution in [0.1, 0.15) is 17.3 Å². The zero-order chi connectivity index (χ0) is 16.3. The number of fused-ring (bicyclic) bond motifs is 1. The molecule has 0 unspecified atom stereocenters. The van der Waals surface area contributed by atoms with Crippen molar-refractivity contribution in [3.8, 4) is 5.75 Å². The van der Waals surface area contributed by atoms with Crippen LogP contribution >= 0.6 is 0 Å². The van der Waals surface area contributed by atoms with E-state index in [0.29, 0.717) is 0 Å². The van der Waals surface area contributed by atoms with Crippen molar-refractivity contribution in [2.45, 2.75) is 13.0 Å². The third-order valence-electron chi connectivity index (χ3n) is 2.98. The lowest BCUT2D eigenvalue weighted by atomic mass is 10.1. The number of urea groups is 1. The van der Waals surface area contributed by atoms with Crippen molar-refractivity contribution in [3.63, 3.8) is 0 Å². The average Bonchev–Trinajstić information content (AvgIpc) is 2.45. The fourth-order valence-electron chi connectivity index (χ4n) is 1.89. The van der Waals surface area contributed by atoms with E-state index in [9.17, 15) is 19.5 Å². The van der Waals surface area contributed by atoms with E-state index in [4.69, 9.17) is 10.5 Å². The molecule has 0 aliphatic carbocycles. The van der Waals surface area contributed by atoms with Gasteiger partial charge in [0.2, 0.25) is 0 Å². The number of phenolic OH excluding ortho intramolecular Hbond substituents is 1. The monoisotopic (exact) mass is 302 g/mol. The van der Waals surface area contributed by atoms with Gasteiger partial charge in [0.1, 0.15) is 11.3 Å². The predicted molar refractivity (Wildman–Crippen MR) is 78.2 cm³/mol. The molecule has 0 aromatic heterocycles. The highest BCUT2D eigenvalue weighted by atomic mass is 16.5. The Labute approximate surface area is 125 Å². The summed E-state index contributed by atoms with van der Waals surface area (Å²) in [5, 5.41) is 13.2. The first-order chi connectivity index (χ1) is 10.4. The van der Waals surface area contributed by atoms with Crippen LogP contribution < -0.4 is 11.1 Å². The zero-order valence-electron chi connectivity index (χ0n) is 11.7. The van der Waals surface area contributed by atoms with Crippen molar-refractivity contribution in [2.75, 3.05) is 0 Å². The molecule has 0 spiro atoms. The van der Waals surface area contributed by atoms with Crippen LogP contribution in [0.4, 0.5) is 4.79 Å². The second kappa shape index (κ2) is 6.13. The molecule has 0 heterocycles. The van der Waals surface area contributed by atoms with Gasteiger partial charge in [-0.1, -0.05) is 24.3 Å². The molecule has 0 aliphatic heterocycles. The molecular weight excluding hydrogens is 288 g/mol. The summed E-state index contributed by atoms with van der Waals surface area (Å²) >= 11 is 0. The second-order valence-corrected chi connectivity index (χ2v) is 4.62. The Morgan fingerprint density at radius 3 is 2.36 bits per heavy atom. The summed E-state index contributed by atoms with van der Waals surface area (Å²) < 4.78 is 4.91. The third-order valence-corrected chi connectivity index (χ3v) is 2.98. The third kappa shape index (κ3) is 3.32. The van der Waals surface area contributed by atoms with Crippen molar-refractivity contribution < 1.29 is 24.2 Å². The van der Waals surface area contributed by atoms with Gasteiger partial charge in [-0.2, -0.15) is 0 Å². The summed E-state index contributed by atoms with van der Waals surface area (Å²) in [5.74, 6) is -1.98. The maximum absolute atomic E-state index is 12.0. The first-order valence-electron chi connectivity index (χ1n) is 6.41. The number of phenols is 1. The van der Waals surface area contributed by atoms with E-state index < -0.39 is 24.0 Å². The first-order valence-corrected chi connectivity index (χ1v) is 6.41. The van der Waals surface area contributed by atoms with Gasteiger partial charge in [-0.15, -0.1) is 0 Å². The number of hydrogen-bond acceptors (Lipinski definition) is 5. The largest absolute Gasteiger partial charge is 0.507 e. The van der Waals surface area contributed by atoms with E-state index in [1.54, 1.807) is 29.6 Å². The van der Waals surface area contributed by atoms with Gasteiger partial charge < -0.3 is 15.6 Å². The molecule has 7 nitrogen and oxygen atoms in total. The number of esters is 1. The van der Waals surface area contributed by atoms with Crippen LogP contribution in [0.2, 0.25) is 0 Å².